The van der Waals surface area contributed by atoms with Crippen molar-refractivity contribution < 1.29 is 77.7 Å². The fourth-order valence-corrected chi connectivity index (χ4v) is 12.9. The molecule has 2 fully saturated rings. The lowest BCUT2D eigenvalue weighted by Crippen LogP contribution is -2.60. The predicted octanol–water partition coefficient (Wildman–Crippen LogP) is 7.89. The second kappa shape index (κ2) is 32.0. The van der Waals surface area contributed by atoms with Gasteiger partial charge in [0.15, 0.2) is 6.10 Å². The van der Waals surface area contributed by atoms with Gasteiger partial charge in [-0.2, -0.15) is 0 Å². The van der Waals surface area contributed by atoms with Crippen molar-refractivity contribution in [1.29, 1.82) is 0 Å². The lowest BCUT2D eigenvalue weighted by molar-refractivity contribution is -0.195. The Kier molecular flexibility index (Phi) is 26.2. The number of nitrogens with one attached hydrogen (secondary N) is 2. The van der Waals surface area contributed by atoms with Crippen LogP contribution in [0.15, 0.2) is 61.2 Å². The number of aliphatic hydroxyl groups excluding tert-OH is 2. The molecule has 2 saturated heterocycles. The molecule has 2 aromatic carbocycles. The summed E-state index contributed by atoms with van der Waals surface area (Å²) in [6.07, 6.45) is -3.91. The Morgan fingerprint density at radius 1 is 0.894 bits per heavy atom. The normalized spacial score (nSPS) is 21.1. The molecule has 0 spiro atoms. The molecule has 2 unspecified atom stereocenters. The number of amides is 5. The second-order valence-electron chi connectivity index (χ2n) is 23.7. The van der Waals surface area contributed by atoms with E-state index in [9.17, 15) is 54.0 Å². The van der Waals surface area contributed by atoms with Crippen molar-refractivity contribution in [2.75, 3.05) is 34.9 Å². The van der Waals surface area contributed by atoms with Crippen LogP contribution in [-0.2, 0) is 54.1 Å². The van der Waals surface area contributed by atoms with Gasteiger partial charge in [-0.05, 0) is 74.0 Å². The number of fused-ring (bicyclic) bond motifs is 1. The summed E-state index contributed by atoms with van der Waals surface area (Å²) in [4.78, 5) is 101. The summed E-state index contributed by atoms with van der Waals surface area (Å²) in [7, 11) is 6.11. The second-order valence-corrected chi connectivity index (χ2v) is 24.9. The maximum absolute atomic E-state index is 15.0. The van der Waals surface area contributed by atoms with Gasteiger partial charge in [0.2, 0.25) is 29.9 Å². The summed E-state index contributed by atoms with van der Waals surface area (Å²) in [5.41, 5.74) is 1.23. The van der Waals surface area contributed by atoms with Gasteiger partial charge < -0.3 is 64.5 Å². The van der Waals surface area contributed by atoms with Gasteiger partial charge in [0.1, 0.15) is 23.9 Å². The lowest BCUT2D eigenvalue weighted by atomic mass is 9.89. The molecule has 472 valence electrons. The molecule has 22 heteroatoms. The van der Waals surface area contributed by atoms with E-state index in [4.69, 9.17) is 23.7 Å². The molecule has 0 bridgehead atoms. The molecule has 2 aliphatic rings. The number of aryl methyl sites for hydroxylation is 1. The third kappa shape index (κ3) is 18.0. The van der Waals surface area contributed by atoms with Crippen LogP contribution in [0.25, 0.3) is 10.1 Å². The van der Waals surface area contributed by atoms with Gasteiger partial charge in [0, 0.05) is 68.2 Å². The number of benzene rings is 2. The number of hydrogen-bond acceptors (Lipinski definition) is 15. The molecule has 3 aromatic rings. The van der Waals surface area contributed by atoms with Crippen LogP contribution in [0.2, 0.25) is 0 Å². The van der Waals surface area contributed by atoms with Crippen LogP contribution in [0.3, 0.4) is 0 Å². The number of likely N-dealkylation sites (tertiary alicyclic amines) is 1. The Bertz CT molecular complexity index is 2740. The number of aliphatic carboxylic acids is 2. The van der Waals surface area contributed by atoms with Gasteiger partial charge in [0.25, 0.3) is 0 Å². The minimum absolute atomic E-state index is 0.000824. The predicted molar refractivity (Wildman–Crippen MR) is 321 cm³/mol. The number of thiophene rings is 1. The van der Waals surface area contributed by atoms with Gasteiger partial charge in [-0.1, -0.05) is 104 Å². The largest absolute Gasteiger partial charge is 0.481 e. The number of carboxylic acids is 2. The van der Waals surface area contributed by atoms with Crippen molar-refractivity contribution in [3.63, 3.8) is 0 Å². The summed E-state index contributed by atoms with van der Waals surface area (Å²) in [6.45, 7) is 20.9. The summed E-state index contributed by atoms with van der Waals surface area (Å²) < 4.78 is 31.0. The topological polar surface area (TPSA) is 280 Å². The van der Waals surface area contributed by atoms with Crippen molar-refractivity contribution in [1.82, 2.24) is 25.3 Å². The SMILES string of the molecule is C=CC(C)CC(OC(=O)N(C)[C@H](C(=O)N[C@H](C(=O)N(C)[C@@H]([C@@H](C)CC)[C@@H](CC(=O)N1CCC[C@H]1[C@H](OC)[C@@H](C)C(=O)N[C@H](C)[C@@H](O)c1ccccc1)OC)C(C)C)C(C)C)c1ccc(O[C@H]2C[C@@H](O)C[C@@H](C(=O)O)O2)c2cc(CCC(=O)O)sc12. The Morgan fingerprint density at radius 3 is 2.16 bits per heavy atom. The smallest absolute Gasteiger partial charge is 0.410 e. The highest BCUT2D eigenvalue weighted by molar-refractivity contribution is 7.19. The number of methoxy groups -OCH3 is 2. The van der Waals surface area contributed by atoms with Gasteiger partial charge in [-0.15, -0.1) is 17.9 Å². The molecule has 0 saturated carbocycles. The summed E-state index contributed by atoms with van der Waals surface area (Å²) >= 11 is 1.29. The van der Waals surface area contributed by atoms with Crippen LogP contribution < -0.4 is 15.4 Å². The number of rotatable bonds is 31. The van der Waals surface area contributed by atoms with E-state index in [1.54, 1.807) is 94.8 Å². The van der Waals surface area contributed by atoms with Crippen molar-refractivity contribution in [2.45, 2.75) is 193 Å². The fraction of sp³-hybridized carbons (Fsp3) is 0.635. The van der Waals surface area contributed by atoms with E-state index in [-0.39, 0.29) is 67.9 Å². The van der Waals surface area contributed by atoms with Crippen LogP contribution in [0.1, 0.15) is 142 Å². The number of likely N-dealkylation sites (N-methyl/N-ethyl adjacent to an activating group) is 2. The van der Waals surface area contributed by atoms with E-state index in [1.165, 1.54) is 37.5 Å². The number of hydrogen-bond donors (Lipinski definition) is 6. The average molecular weight is 1210 g/mol. The molecule has 21 nitrogen and oxygen atoms in total. The van der Waals surface area contributed by atoms with Crippen molar-refractivity contribution in [3.8, 4) is 5.75 Å². The van der Waals surface area contributed by atoms with Crippen LogP contribution in [-0.4, -0.2) is 173 Å². The van der Waals surface area contributed by atoms with Gasteiger partial charge in [-0.25, -0.2) is 9.59 Å². The Labute approximate surface area is 504 Å². The van der Waals surface area contributed by atoms with Crippen LogP contribution in [0.4, 0.5) is 4.79 Å². The van der Waals surface area contributed by atoms with E-state index in [1.807, 2.05) is 39.0 Å². The molecule has 5 amide bonds. The third-order valence-corrected chi connectivity index (χ3v) is 18.0. The van der Waals surface area contributed by atoms with Crippen LogP contribution in [0, 0.1) is 29.6 Å². The van der Waals surface area contributed by atoms with Gasteiger partial charge in [0.05, 0.1) is 61.3 Å². The Hall–Kier alpha value is -6.17. The first-order valence-corrected chi connectivity index (χ1v) is 30.5. The zero-order chi connectivity index (χ0) is 63.1. The van der Waals surface area contributed by atoms with Gasteiger partial charge in [-0.3, -0.25) is 28.9 Å². The number of carboxylic acid groups (broad SMARTS) is 2. The molecular weight excluding hydrogens is 1110 g/mol. The summed E-state index contributed by atoms with van der Waals surface area (Å²) in [5.74, 6) is -5.54. The van der Waals surface area contributed by atoms with E-state index < -0.39 is 121 Å². The quantitative estimate of drug-likeness (QED) is 0.0334. The van der Waals surface area contributed by atoms with Crippen molar-refractivity contribution in [2.24, 2.45) is 29.6 Å². The van der Waals surface area contributed by atoms with Crippen LogP contribution >= 0.6 is 11.3 Å². The van der Waals surface area contributed by atoms with E-state index >= 15 is 0 Å². The first-order valence-electron chi connectivity index (χ1n) is 29.7. The number of nitrogens with zero attached hydrogens (tertiary/aromatic N) is 3. The molecule has 0 radical (unpaired) electrons. The summed E-state index contributed by atoms with van der Waals surface area (Å²) in [5, 5.41) is 47.1. The standard InChI is InChI=1S/C63H93N5O16S/c1-15-36(7)29-47(43-25-26-46(44-32-42(85-58(43)44)24-27-51(71)72)82-52-31-41(69)30-49(83-52)62(77)78)84-63(79)67(12)54(35(5)6)60(75)65-53(34(3)4)61(76)66(11)55(37(8)16-2)48(80-13)33-50(70)68-28-20-23-45(68)57(81-14)38(9)59(74)64-39(10)56(73)40-21-18-17-19-22-40/h15,17-19,21-22,25-26,32,34-39,41,45,47-49,52-57,69,73H,1,16,20,23-24,27-31,33H2,2-14H3,(H,64,74)(H,65,75)(H,71,72)(H,77,78)/t36?,37-,38+,39+,41-,45-,47?,48+,49-,52+,53-,54-,55-,56+,57+/m0/s1. The third-order valence-electron chi connectivity index (χ3n) is 16.8. The number of carbonyl (C=O) groups excluding carboxylic acids is 5. The lowest BCUT2D eigenvalue weighted by Gasteiger charge is -2.41. The van der Waals surface area contributed by atoms with Crippen molar-refractivity contribution >= 4 is 63.1 Å². The highest BCUT2D eigenvalue weighted by Crippen LogP contribution is 2.42. The monoisotopic (exact) mass is 1210 g/mol. The number of carbonyl (C=O) groups is 7. The molecule has 15 atom stereocenters. The molecule has 0 aliphatic carbocycles. The fourth-order valence-electron chi connectivity index (χ4n) is 11.7. The van der Waals surface area contributed by atoms with Crippen LogP contribution in [0.5, 0.6) is 5.75 Å². The molecule has 3 heterocycles. The zero-order valence-electron chi connectivity index (χ0n) is 51.7. The van der Waals surface area contributed by atoms with Gasteiger partial charge >= 0.3 is 18.0 Å². The van der Waals surface area contributed by atoms with Crippen molar-refractivity contribution in [3.05, 3.63) is 77.2 Å². The number of aliphatic hydroxyl groups is 2. The number of ether oxygens (including phenoxy) is 5. The first-order chi connectivity index (χ1) is 40.2. The highest BCUT2D eigenvalue weighted by Gasteiger charge is 2.44. The maximum atomic E-state index is 15.0. The molecule has 85 heavy (non-hydrogen) atoms. The minimum atomic E-state index is -1.30. The average Bonchev–Trinajstić information content (AvgIpc) is 2.44. The Balaban J connectivity index is 1.34. The molecular formula is C63H93N5O16S. The van der Waals surface area contributed by atoms with E-state index in [0.717, 1.165) is 0 Å². The number of allylic oxidation sites excluding steroid dienone is 1. The Morgan fingerprint density at radius 2 is 1.58 bits per heavy atom. The minimum Gasteiger partial charge on any atom is -0.481 e. The summed E-state index contributed by atoms with van der Waals surface area (Å²) in [6, 6.07) is 10.3. The van der Waals surface area contributed by atoms with E-state index in [2.05, 4.69) is 17.2 Å². The zero-order valence-corrected chi connectivity index (χ0v) is 52.5. The highest BCUT2D eigenvalue weighted by atomic mass is 32.1. The molecule has 6 N–H and O–H groups in total. The molecule has 2 aliphatic heterocycles. The molecule has 5 rings (SSSR count). The van der Waals surface area contributed by atoms with E-state index in [0.29, 0.717) is 51.9 Å². The maximum Gasteiger partial charge on any atom is 0.410 e. The first kappa shape index (κ1) is 69.6. The molecule has 1 aromatic heterocycles.